The molecule has 0 unspecified atom stereocenters. The molecule has 1 aromatic carbocycles. The first-order valence-corrected chi connectivity index (χ1v) is 11.9. The van der Waals surface area contributed by atoms with Crippen LogP contribution >= 0.6 is 11.8 Å². The zero-order valence-corrected chi connectivity index (χ0v) is 20.1. The average Bonchev–Trinajstić information content (AvgIpc) is 3.42. The molecule has 0 aliphatic rings. The standard InChI is InChI=1S/C24H27N5O3S/c1-5-27(18-10-7-9-16(3)13-18)20(30)15-33-24-25-21-17(4)26-29(6-2)22(21)23(31)28(24)14-19-11-8-12-32-19/h7-13H,5-6,14-15H2,1-4H3. The van der Waals surface area contributed by atoms with Crippen molar-refractivity contribution in [2.45, 2.75) is 45.9 Å². The SMILES string of the molecule is CCN(C(=O)CSc1nc2c(C)nn(CC)c2c(=O)n1Cc1ccco1)c1cccc(C)c1. The topological polar surface area (TPSA) is 86.2 Å². The molecule has 0 bridgehead atoms. The molecular weight excluding hydrogens is 438 g/mol. The van der Waals surface area contributed by atoms with Crippen molar-refractivity contribution in [2.24, 2.45) is 0 Å². The lowest BCUT2D eigenvalue weighted by molar-refractivity contribution is -0.116. The van der Waals surface area contributed by atoms with Crippen LogP contribution in [0, 0.1) is 13.8 Å². The van der Waals surface area contributed by atoms with Crippen LogP contribution in [-0.4, -0.2) is 37.5 Å². The third-order valence-electron chi connectivity index (χ3n) is 5.43. The molecule has 8 nitrogen and oxygen atoms in total. The summed E-state index contributed by atoms with van der Waals surface area (Å²) in [7, 11) is 0. The van der Waals surface area contributed by atoms with Crippen LogP contribution in [0.5, 0.6) is 0 Å². The van der Waals surface area contributed by atoms with E-state index in [4.69, 9.17) is 9.40 Å². The molecule has 9 heteroatoms. The fourth-order valence-corrected chi connectivity index (χ4v) is 4.70. The number of carbonyl (C=O) groups excluding carboxylic acids is 1. The Labute approximate surface area is 196 Å². The number of fused-ring (bicyclic) bond motifs is 1. The van der Waals surface area contributed by atoms with Gasteiger partial charge < -0.3 is 9.32 Å². The quantitative estimate of drug-likeness (QED) is 0.289. The van der Waals surface area contributed by atoms with Gasteiger partial charge in [0.25, 0.3) is 5.56 Å². The number of furan rings is 1. The fourth-order valence-electron chi connectivity index (χ4n) is 3.83. The van der Waals surface area contributed by atoms with Crippen molar-refractivity contribution >= 4 is 34.4 Å². The van der Waals surface area contributed by atoms with Gasteiger partial charge in [0.05, 0.1) is 24.3 Å². The molecule has 0 spiro atoms. The van der Waals surface area contributed by atoms with Crippen LogP contribution in [0.1, 0.15) is 30.9 Å². The third-order valence-corrected chi connectivity index (χ3v) is 6.39. The van der Waals surface area contributed by atoms with Crippen molar-refractivity contribution in [1.82, 2.24) is 19.3 Å². The second kappa shape index (κ2) is 9.66. The molecule has 172 valence electrons. The Morgan fingerprint density at radius 3 is 2.67 bits per heavy atom. The number of hydrogen-bond acceptors (Lipinski definition) is 6. The number of anilines is 1. The van der Waals surface area contributed by atoms with Gasteiger partial charge in [-0.1, -0.05) is 23.9 Å². The van der Waals surface area contributed by atoms with Gasteiger partial charge in [-0.15, -0.1) is 0 Å². The van der Waals surface area contributed by atoms with E-state index < -0.39 is 0 Å². The second-order valence-electron chi connectivity index (χ2n) is 7.73. The third kappa shape index (κ3) is 4.59. The summed E-state index contributed by atoms with van der Waals surface area (Å²) in [6.07, 6.45) is 1.57. The minimum absolute atomic E-state index is 0.0482. The molecule has 0 saturated carbocycles. The van der Waals surface area contributed by atoms with Gasteiger partial charge in [-0.05, 0) is 57.5 Å². The molecule has 4 aromatic rings. The predicted molar refractivity (Wildman–Crippen MR) is 130 cm³/mol. The van der Waals surface area contributed by atoms with E-state index in [9.17, 15) is 9.59 Å². The number of aryl methyl sites for hydroxylation is 3. The lowest BCUT2D eigenvalue weighted by atomic mass is 10.2. The number of nitrogens with zero attached hydrogens (tertiary/aromatic N) is 5. The highest BCUT2D eigenvalue weighted by molar-refractivity contribution is 7.99. The zero-order valence-electron chi connectivity index (χ0n) is 19.2. The van der Waals surface area contributed by atoms with Crippen molar-refractivity contribution in [2.75, 3.05) is 17.2 Å². The molecular formula is C24H27N5O3S. The molecule has 4 rings (SSSR count). The van der Waals surface area contributed by atoms with Crippen LogP contribution in [-0.2, 0) is 17.9 Å². The average molecular weight is 466 g/mol. The highest BCUT2D eigenvalue weighted by atomic mass is 32.2. The summed E-state index contributed by atoms with van der Waals surface area (Å²) in [6.45, 7) is 9.08. The number of amides is 1. The number of hydrogen-bond donors (Lipinski definition) is 0. The number of benzene rings is 1. The molecule has 0 radical (unpaired) electrons. The van der Waals surface area contributed by atoms with Gasteiger partial charge in [0.2, 0.25) is 5.91 Å². The van der Waals surface area contributed by atoms with Crippen LogP contribution in [0.2, 0.25) is 0 Å². The lowest BCUT2D eigenvalue weighted by Crippen LogP contribution is -2.32. The molecule has 3 aromatic heterocycles. The summed E-state index contributed by atoms with van der Waals surface area (Å²) in [5.41, 5.74) is 3.48. The summed E-state index contributed by atoms with van der Waals surface area (Å²) in [5.74, 6) is 0.743. The minimum atomic E-state index is -0.195. The van der Waals surface area contributed by atoms with E-state index in [1.165, 1.54) is 11.8 Å². The van der Waals surface area contributed by atoms with Crippen molar-refractivity contribution in [3.05, 3.63) is 70.0 Å². The van der Waals surface area contributed by atoms with Crippen molar-refractivity contribution < 1.29 is 9.21 Å². The minimum Gasteiger partial charge on any atom is -0.467 e. The molecule has 0 aliphatic carbocycles. The normalized spacial score (nSPS) is 11.3. The molecule has 0 aliphatic heterocycles. The van der Waals surface area contributed by atoms with Gasteiger partial charge in [0.15, 0.2) is 10.7 Å². The maximum Gasteiger partial charge on any atom is 0.280 e. The van der Waals surface area contributed by atoms with Gasteiger partial charge in [0.1, 0.15) is 11.3 Å². The molecule has 0 fully saturated rings. The Kier molecular flexibility index (Phi) is 6.69. The number of thioether (sulfide) groups is 1. The maximum atomic E-state index is 13.5. The van der Waals surface area contributed by atoms with E-state index in [0.717, 1.165) is 11.3 Å². The van der Waals surface area contributed by atoms with E-state index in [2.05, 4.69) is 5.10 Å². The van der Waals surface area contributed by atoms with Crippen LogP contribution in [0.3, 0.4) is 0 Å². The zero-order chi connectivity index (χ0) is 23.5. The number of carbonyl (C=O) groups is 1. The van der Waals surface area contributed by atoms with Crippen LogP contribution in [0.15, 0.2) is 57.0 Å². The number of rotatable bonds is 8. The molecule has 0 N–H and O–H groups in total. The highest BCUT2D eigenvalue weighted by Gasteiger charge is 2.21. The van der Waals surface area contributed by atoms with Gasteiger partial charge >= 0.3 is 0 Å². The van der Waals surface area contributed by atoms with Gasteiger partial charge in [-0.2, -0.15) is 5.10 Å². The Morgan fingerprint density at radius 1 is 1.18 bits per heavy atom. The first kappa shape index (κ1) is 22.8. The molecule has 0 atom stereocenters. The molecule has 3 heterocycles. The smallest absolute Gasteiger partial charge is 0.280 e. The second-order valence-corrected chi connectivity index (χ2v) is 8.67. The summed E-state index contributed by atoms with van der Waals surface area (Å²) >= 11 is 1.26. The van der Waals surface area contributed by atoms with Crippen LogP contribution < -0.4 is 10.5 Å². The highest BCUT2D eigenvalue weighted by Crippen LogP contribution is 2.23. The van der Waals surface area contributed by atoms with E-state index in [-0.39, 0.29) is 23.8 Å². The van der Waals surface area contributed by atoms with Crippen LogP contribution in [0.4, 0.5) is 5.69 Å². The Morgan fingerprint density at radius 2 is 2.00 bits per heavy atom. The van der Waals surface area contributed by atoms with Gasteiger partial charge in [-0.25, -0.2) is 4.98 Å². The van der Waals surface area contributed by atoms with Gasteiger partial charge in [0, 0.05) is 18.8 Å². The Hall–Kier alpha value is -3.33. The fraction of sp³-hybridized carbons (Fsp3) is 0.333. The van der Waals surface area contributed by atoms with Crippen molar-refractivity contribution in [3.8, 4) is 0 Å². The lowest BCUT2D eigenvalue weighted by Gasteiger charge is -2.21. The monoisotopic (exact) mass is 465 g/mol. The van der Waals surface area contributed by atoms with Crippen molar-refractivity contribution in [3.63, 3.8) is 0 Å². The maximum absolute atomic E-state index is 13.5. The van der Waals surface area contributed by atoms with E-state index in [1.807, 2.05) is 58.0 Å². The summed E-state index contributed by atoms with van der Waals surface area (Å²) in [6, 6.07) is 11.5. The summed E-state index contributed by atoms with van der Waals surface area (Å²) < 4.78 is 8.72. The Balaban J connectivity index is 1.69. The first-order valence-electron chi connectivity index (χ1n) is 10.9. The summed E-state index contributed by atoms with van der Waals surface area (Å²) in [4.78, 5) is 33.1. The van der Waals surface area contributed by atoms with Gasteiger partial charge in [-0.3, -0.25) is 18.8 Å². The van der Waals surface area contributed by atoms with E-state index in [1.54, 1.807) is 26.5 Å². The van der Waals surface area contributed by atoms with Crippen LogP contribution in [0.25, 0.3) is 11.0 Å². The molecule has 33 heavy (non-hydrogen) atoms. The van der Waals surface area contributed by atoms with Crippen molar-refractivity contribution in [1.29, 1.82) is 0 Å². The molecule has 0 saturated heterocycles. The summed E-state index contributed by atoms with van der Waals surface area (Å²) in [5, 5.41) is 4.93. The predicted octanol–water partition coefficient (Wildman–Crippen LogP) is 4.02. The van der Waals surface area contributed by atoms with E-state index in [0.29, 0.717) is 40.7 Å². The Bertz CT molecular complexity index is 1340. The van der Waals surface area contributed by atoms with E-state index >= 15 is 0 Å². The number of aromatic nitrogens is 4. The first-order chi connectivity index (χ1) is 15.9. The molecule has 1 amide bonds. The largest absolute Gasteiger partial charge is 0.467 e.